The lowest BCUT2D eigenvalue weighted by Crippen LogP contribution is -2.29. The van der Waals surface area contributed by atoms with Crippen LogP contribution in [0.15, 0.2) is 0 Å². The quantitative estimate of drug-likeness (QED) is 0.765. The van der Waals surface area contributed by atoms with Gasteiger partial charge in [0.2, 0.25) is 5.91 Å². The number of carbonyl (C=O) groups is 1. The van der Waals surface area contributed by atoms with Crippen molar-refractivity contribution in [3.8, 4) is 0 Å². The Morgan fingerprint density at radius 2 is 1.32 bits per heavy atom. The van der Waals surface area contributed by atoms with E-state index in [1.807, 2.05) is 14.0 Å². The lowest BCUT2D eigenvalue weighted by molar-refractivity contribution is -0.119. The Labute approximate surface area is 121 Å². The van der Waals surface area contributed by atoms with Gasteiger partial charge in [-0.1, -0.05) is 47.0 Å². The average molecular weight is 274 g/mol. The lowest BCUT2D eigenvalue weighted by atomic mass is 10.2. The highest BCUT2D eigenvalue weighted by Crippen LogP contribution is 1.93. The second-order valence-corrected chi connectivity index (χ2v) is 5.08. The summed E-state index contributed by atoms with van der Waals surface area (Å²) in [5.74, 6) is 0.0657. The molecule has 0 spiro atoms. The minimum Gasteiger partial charge on any atom is -0.354 e. The predicted octanol–water partition coefficient (Wildman–Crippen LogP) is 4.12. The fraction of sp³-hybridized carbons (Fsp3) is 0.938. The molecule has 0 aromatic rings. The van der Waals surface area contributed by atoms with Crippen LogP contribution in [0.4, 0.5) is 0 Å². The van der Waals surface area contributed by atoms with Crippen molar-refractivity contribution in [2.24, 2.45) is 0 Å². The molecule has 2 unspecified atom stereocenters. The standard InChI is InChI=1S/C7H15NO.C6H15N.C3H8/c1-4-5-6(2)8-7(3)9;1-4-5-6(2)7-3;1-3-2/h6H,4-5H2,1-3H3,(H,8,9);6-7H,4-5H2,1-3H3;3H2,1-2H3. The Morgan fingerprint density at radius 3 is 1.53 bits per heavy atom. The fourth-order valence-electron chi connectivity index (χ4n) is 1.43. The SMILES string of the molecule is CCC.CCCC(C)NC.CCCC(C)NC(C)=O. The number of hydrogen-bond donors (Lipinski definition) is 2. The molecule has 3 nitrogen and oxygen atoms in total. The molecule has 0 fully saturated rings. The predicted molar refractivity (Wildman–Crippen MR) is 87.6 cm³/mol. The topological polar surface area (TPSA) is 41.1 Å². The van der Waals surface area contributed by atoms with E-state index in [9.17, 15) is 4.79 Å². The van der Waals surface area contributed by atoms with Gasteiger partial charge >= 0.3 is 0 Å². The van der Waals surface area contributed by atoms with Gasteiger partial charge in [-0.05, 0) is 33.7 Å². The van der Waals surface area contributed by atoms with Crippen molar-refractivity contribution >= 4 is 5.91 Å². The van der Waals surface area contributed by atoms with Crippen molar-refractivity contribution in [2.45, 2.75) is 92.7 Å². The first-order valence-corrected chi connectivity index (χ1v) is 7.83. The van der Waals surface area contributed by atoms with E-state index in [0.717, 1.165) is 12.8 Å². The molecule has 0 saturated heterocycles. The molecule has 0 rings (SSSR count). The van der Waals surface area contributed by atoms with Crippen LogP contribution in [0.1, 0.15) is 80.6 Å². The smallest absolute Gasteiger partial charge is 0.217 e. The Bertz CT molecular complexity index is 172. The van der Waals surface area contributed by atoms with Gasteiger partial charge in [0.15, 0.2) is 0 Å². The summed E-state index contributed by atoms with van der Waals surface area (Å²) >= 11 is 0. The van der Waals surface area contributed by atoms with E-state index in [4.69, 9.17) is 0 Å². The molecule has 0 aliphatic rings. The molecule has 118 valence electrons. The van der Waals surface area contributed by atoms with E-state index in [2.05, 4.69) is 45.3 Å². The van der Waals surface area contributed by atoms with Gasteiger partial charge in [0.05, 0.1) is 0 Å². The maximum atomic E-state index is 10.4. The largest absolute Gasteiger partial charge is 0.354 e. The molecular formula is C16H38N2O. The number of hydrogen-bond acceptors (Lipinski definition) is 2. The van der Waals surface area contributed by atoms with Crippen LogP contribution in [0, 0.1) is 0 Å². The van der Waals surface area contributed by atoms with E-state index in [0.29, 0.717) is 12.1 Å². The van der Waals surface area contributed by atoms with Crippen molar-refractivity contribution in [3.05, 3.63) is 0 Å². The second kappa shape index (κ2) is 19.8. The normalized spacial score (nSPS) is 12.2. The molecule has 0 aliphatic carbocycles. The highest BCUT2D eigenvalue weighted by Gasteiger charge is 1.99. The van der Waals surface area contributed by atoms with Crippen LogP contribution in [0.5, 0.6) is 0 Å². The molecule has 1 amide bonds. The third-order valence-corrected chi connectivity index (χ3v) is 2.39. The molecule has 0 saturated carbocycles. The van der Waals surface area contributed by atoms with Crippen LogP contribution in [0.3, 0.4) is 0 Å². The number of carbonyl (C=O) groups excluding carboxylic acids is 1. The first-order chi connectivity index (χ1) is 8.89. The minimum absolute atomic E-state index is 0.0657. The fourth-order valence-corrected chi connectivity index (χ4v) is 1.43. The Hall–Kier alpha value is -0.570. The van der Waals surface area contributed by atoms with Crippen molar-refractivity contribution in [1.82, 2.24) is 10.6 Å². The Morgan fingerprint density at radius 1 is 0.947 bits per heavy atom. The summed E-state index contributed by atoms with van der Waals surface area (Å²) in [5, 5.41) is 5.97. The van der Waals surface area contributed by atoms with Crippen LogP contribution >= 0.6 is 0 Å². The number of amides is 1. The Balaban J connectivity index is -0.000000228. The van der Waals surface area contributed by atoms with Gasteiger partial charge in [0, 0.05) is 19.0 Å². The van der Waals surface area contributed by atoms with Crippen LogP contribution in [-0.4, -0.2) is 25.0 Å². The van der Waals surface area contributed by atoms with Crippen molar-refractivity contribution in [2.75, 3.05) is 7.05 Å². The van der Waals surface area contributed by atoms with Crippen LogP contribution in [-0.2, 0) is 4.79 Å². The highest BCUT2D eigenvalue weighted by molar-refractivity contribution is 5.73. The summed E-state index contributed by atoms with van der Waals surface area (Å²) in [6.07, 6.45) is 6.01. The highest BCUT2D eigenvalue weighted by atomic mass is 16.1. The van der Waals surface area contributed by atoms with Crippen LogP contribution < -0.4 is 10.6 Å². The van der Waals surface area contributed by atoms with Gasteiger partial charge in [-0.15, -0.1) is 0 Å². The lowest BCUT2D eigenvalue weighted by Gasteiger charge is -2.09. The van der Waals surface area contributed by atoms with E-state index in [1.165, 1.54) is 19.3 Å². The van der Waals surface area contributed by atoms with E-state index >= 15 is 0 Å². The molecule has 0 aliphatic heterocycles. The molecule has 0 aromatic carbocycles. The summed E-state index contributed by atoms with van der Waals surface area (Å²) in [5.41, 5.74) is 0. The molecule has 19 heavy (non-hydrogen) atoms. The van der Waals surface area contributed by atoms with Gasteiger partial charge < -0.3 is 10.6 Å². The second-order valence-electron chi connectivity index (χ2n) is 5.08. The van der Waals surface area contributed by atoms with Gasteiger partial charge in [-0.25, -0.2) is 0 Å². The van der Waals surface area contributed by atoms with Crippen LogP contribution in [0.2, 0.25) is 0 Å². The summed E-state index contributed by atoms with van der Waals surface area (Å²) in [6, 6.07) is 1.04. The molecule has 0 aromatic heterocycles. The summed E-state index contributed by atoms with van der Waals surface area (Å²) < 4.78 is 0. The van der Waals surface area contributed by atoms with Crippen molar-refractivity contribution in [1.29, 1.82) is 0 Å². The zero-order valence-corrected chi connectivity index (χ0v) is 14.6. The van der Waals surface area contributed by atoms with Crippen LogP contribution in [0.25, 0.3) is 0 Å². The van der Waals surface area contributed by atoms with Crippen molar-refractivity contribution in [3.63, 3.8) is 0 Å². The third kappa shape index (κ3) is 31.8. The molecule has 0 radical (unpaired) electrons. The monoisotopic (exact) mass is 274 g/mol. The average Bonchev–Trinajstić information content (AvgIpc) is 2.30. The molecule has 2 N–H and O–H groups in total. The van der Waals surface area contributed by atoms with Crippen molar-refractivity contribution < 1.29 is 4.79 Å². The Kier molecular flexibility index (Phi) is 24.5. The summed E-state index contributed by atoms with van der Waals surface area (Å²) in [4.78, 5) is 10.4. The third-order valence-electron chi connectivity index (χ3n) is 2.39. The molecule has 0 heterocycles. The first kappa shape index (κ1) is 23.5. The van der Waals surface area contributed by atoms with E-state index in [-0.39, 0.29) is 5.91 Å². The van der Waals surface area contributed by atoms with E-state index < -0.39 is 0 Å². The number of nitrogens with one attached hydrogen (secondary N) is 2. The molecular weight excluding hydrogens is 236 g/mol. The molecule has 2 atom stereocenters. The van der Waals surface area contributed by atoms with Gasteiger partial charge in [0.1, 0.15) is 0 Å². The van der Waals surface area contributed by atoms with Gasteiger partial charge in [0.25, 0.3) is 0 Å². The van der Waals surface area contributed by atoms with Gasteiger partial charge in [-0.3, -0.25) is 4.79 Å². The van der Waals surface area contributed by atoms with E-state index in [1.54, 1.807) is 6.92 Å². The zero-order valence-electron chi connectivity index (χ0n) is 14.6. The number of rotatable bonds is 6. The van der Waals surface area contributed by atoms with Gasteiger partial charge in [-0.2, -0.15) is 0 Å². The molecule has 3 heteroatoms. The minimum atomic E-state index is 0.0657. The first-order valence-electron chi connectivity index (χ1n) is 7.83. The molecule has 0 bridgehead atoms. The maximum Gasteiger partial charge on any atom is 0.217 e. The summed E-state index contributed by atoms with van der Waals surface area (Å²) in [7, 11) is 2.00. The maximum absolute atomic E-state index is 10.4. The summed E-state index contributed by atoms with van der Waals surface area (Å²) in [6.45, 7) is 14.3. The zero-order chi connectivity index (χ0) is 15.7.